The zero-order valence-corrected chi connectivity index (χ0v) is 15.2. The first-order chi connectivity index (χ1) is 11.0. The zero-order chi connectivity index (χ0) is 18.7. The number of rotatable bonds is 8. The highest BCUT2D eigenvalue weighted by Crippen LogP contribution is 2.22. The topological polar surface area (TPSA) is 118 Å². The van der Waals surface area contributed by atoms with Gasteiger partial charge in [0.25, 0.3) is 0 Å². The molecule has 0 saturated heterocycles. The van der Waals surface area contributed by atoms with Gasteiger partial charge in [0.2, 0.25) is 10.0 Å². The van der Waals surface area contributed by atoms with Crippen molar-refractivity contribution in [2.45, 2.75) is 43.9 Å². The van der Waals surface area contributed by atoms with E-state index in [-0.39, 0.29) is 17.7 Å². The first kappa shape index (κ1) is 20.5. The van der Waals surface area contributed by atoms with Crippen LogP contribution < -0.4 is 4.72 Å². The van der Waals surface area contributed by atoms with Crippen LogP contribution in [0.25, 0.3) is 0 Å². The van der Waals surface area contributed by atoms with Crippen molar-refractivity contribution < 1.29 is 31.1 Å². The number of hydrogen-bond acceptors (Lipinski definition) is 5. The van der Waals surface area contributed by atoms with E-state index < -0.39 is 47.5 Å². The van der Waals surface area contributed by atoms with Crippen LogP contribution in [-0.4, -0.2) is 39.0 Å². The summed E-state index contributed by atoms with van der Waals surface area (Å²) in [7, 11) is -8.28. The van der Waals surface area contributed by atoms with Gasteiger partial charge >= 0.3 is 5.97 Å². The molecule has 1 aromatic rings. The Hall–Kier alpha value is -1.52. The first-order valence-electron chi connectivity index (χ1n) is 7.24. The van der Waals surface area contributed by atoms with E-state index in [0.29, 0.717) is 6.42 Å². The van der Waals surface area contributed by atoms with E-state index in [0.717, 1.165) is 12.1 Å². The van der Waals surface area contributed by atoms with Gasteiger partial charge in [-0.25, -0.2) is 26.0 Å². The third-order valence-corrected chi connectivity index (χ3v) is 7.33. The van der Waals surface area contributed by atoms with Crippen molar-refractivity contribution in [1.82, 2.24) is 4.72 Å². The Morgan fingerprint density at radius 2 is 1.83 bits per heavy atom. The molecule has 1 atom stereocenters. The zero-order valence-electron chi connectivity index (χ0n) is 13.5. The van der Waals surface area contributed by atoms with Crippen molar-refractivity contribution in [2.75, 3.05) is 5.75 Å². The fourth-order valence-electron chi connectivity index (χ4n) is 2.20. The summed E-state index contributed by atoms with van der Waals surface area (Å²) in [5, 5.41) is 7.61. The highest BCUT2D eigenvalue weighted by molar-refractivity contribution is 7.94. The molecule has 0 radical (unpaired) electrons. The number of sulfonamides is 1. The summed E-state index contributed by atoms with van der Waals surface area (Å²) >= 11 is 0. The predicted molar refractivity (Wildman–Crippen MR) is 86.6 cm³/mol. The van der Waals surface area contributed by atoms with Gasteiger partial charge in [0.05, 0.1) is 11.3 Å². The average Bonchev–Trinajstić information content (AvgIpc) is 2.43. The molecule has 7 nitrogen and oxygen atoms in total. The third kappa shape index (κ3) is 4.31. The second kappa shape index (κ2) is 7.58. The van der Waals surface area contributed by atoms with Gasteiger partial charge in [-0.2, -0.15) is 4.72 Å². The van der Waals surface area contributed by atoms with Crippen molar-refractivity contribution in [1.29, 1.82) is 0 Å². The minimum Gasteiger partial charge on any atom is -0.478 e. The van der Waals surface area contributed by atoms with Crippen LogP contribution in [0.5, 0.6) is 0 Å². The normalized spacial score (nSPS) is 13.7. The van der Waals surface area contributed by atoms with Gasteiger partial charge < -0.3 is 5.11 Å². The van der Waals surface area contributed by atoms with E-state index in [1.807, 2.05) is 4.72 Å². The summed E-state index contributed by atoms with van der Waals surface area (Å²) in [6.07, 6.45) is 0.267. The van der Waals surface area contributed by atoms with E-state index in [4.69, 9.17) is 5.11 Å². The summed E-state index contributed by atoms with van der Waals surface area (Å²) in [5.74, 6) is -3.24. The van der Waals surface area contributed by atoms with Gasteiger partial charge in [0.1, 0.15) is 10.3 Å². The molecule has 0 bridgehead atoms. The molecule has 0 aliphatic carbocycles. The number of hydrogen-bond donors (Lipinski definition) is 2. The molecule has 0 heterocycles. The number of carboxylic acid groups (broad SMARTS) is 1. The minimum atomic E-state index is -4.54. The number of sulfone groups is 1. The SMILES string of the molecule is CCCS(=O)(=O)C(CC)NS(=O)(=O)c1ccc(C)c(C(=O)O)c1F. The lowest BCUT2D eigenvalue weighted by Gasteiger charge is -2.18. The van der Waals surface area contributed by atoms with Crippen LogP contribution in [-0.2, 0) is 19.9 Å². The Labute approximate surface area is 140 Å². The van der Waals surface area contributed by atoms with Gasteiger partial charge in [-0.15, -0.1) is 0 Å². The molecule has 2 N–H and O–H groups in total. The van der Waals surface area contributed by atoms with E-state index in [9.17, 15) is 26.0 Å². The second-order valence-electron chi connectivity index (χ2n) is 5.26. The van der Waals surface area contributed by atoms with Gasteiger partial charge in [-0.05, 0) is 31.4 Å². The lowest BCUT2D eigenvalue weighted by Crippen LogP contribution is -2.41. The van der Waals surface area contributed by atoms with Crippen molar-refractivity contribution in [3.05, 3.63) is 29.1 Å². The number of benzene rings is 1. The lowest BCUT2D eigenvalue weighted by molar-refractivity contribution is 0.0690. The number of carboxylic acids is 1. The van der Waals surface area contributed by atoms with Crippen molar-refractivity contribution in [3.8, 4) is 0 Å². The molecule has 0 aliphatic rings. The molecule has 1 aromatic carbocycles. The van der Waals surface area contributed by atoms with E-state index in [2.05, 4.69) is 0 Å². The summed E-state index contributed by atoms with van der Waals surface area (Å²) in [4.78, 5) is 10.2. The van der Waals surface area contributed by atoms with Crippen molar-refractivity contribution in [3.63, 3.8) is 0 Å². The monoisotopic (exact) mass is 381 g/mol. The van der Waals surface area contributed by atoms with Gasteiger partial charge in [-0.3, -0.25) is 0 Å². The Morgan fingerprint density at radius 1 is 1.25 bits per heavy atom. The average molecular weight is 381 g/mol. The fraction of sp³-hybridized carbons (Fsp3) is 0.500. The van der Waals surface area contributed by atoms with Crippen molar-refractivity contribution >= 4 is 25.8 Å². The molecule has 0 amide bonds. The molecule has 0 fully saturated rings. The maximum absolute atomic E-state index is 14.3. The lowest BCUT2D eigenvalue weighted by atomic mass is 10.1. The van der Waals surface area contributed by atoms with Crippen LogP contribution in [0.4, 0.5) is 4.39 Å². The van der Waals surface area contributed by atoms with Gasteiger partial charge in [0.15, 0.2) is 15.7 Å². The molecule has 0 spiro atoms. The van der Waals surface area contributed by atoms with Gasteiger partial charge in [-0.1, -0.05) is 19.9 Å². The van der Waals surface area contributed by atoms with Crippen molar-refractivity contribution in [2.24, 2.45) is 0 Å². The third-order valence-electron chi connectivity index (χ3n) is 3.40. The quantitative estimate of drug-likeness (QED) is 0.707. The van der Waals surface area contributed by atoms with Crippen LogP contribution >= 0.6 is 0 Å². The minimum absolute atomic E-state index is 0.0408. The van der Waals surface area contributed by atoms with E-state index in [1.165, 1.54) is 13.8 Å². The first-order valence-corrected chi connectivity index (χ1v) is 10.4. The molecule has 136 valence electrons. The molecule has 1 rings (SSSR count). The van der Waals surface area contributed by atoms with E-state index >= 15 is 0 Å². The number of aryl methyl sites for hydroxylation is 1. The molecule has 10 heteroatoms. The molecule has 0 aromatic heterocycles. The Balaban J connectivity index is 3.36. The van der Waals surface area contributed by atoms with Crippen LogP contribution in [0.2, 0.25) is 0 Å². The number of aromatic carboxylic acids is 1. The maximum Gasteiger partial charge on any atom is 0.339 e. The van der Waals surface area contributed by atoms with Crippen LogP contribution in [0.1, 0.15) is 42.6 Å². The fourth-order valence-corrected chi connectivity index (χ4v) is 5.75. The Kier molecular flexibility index (Phi) is 6.48. The second-order valence-corrected chi connectivity index (χ2v) is 9.25. The molecule has 0 saturated carbocycles. The maximum atomic E-state index is 14.3. The van der Waals surface area contributed by atoms with Gasteiger partial charge in [0, 0.05) is 0 Å². The van der Waals surface area contributed by atoms with Crippen LogP contribution in [0.3, 0.4) is 0 Å². The van der Waals surface area contributed by atoms with Crippen LogP contribution in [0, 0.1) is 12.7 Å². The van der Waals surface area contributed by atoms with E-state index in [1.54, 1.807) is 6.92 Å². The molecular weight excluding hydrogens is 361 g/mol. The summed E-state index contributed by atoms with van der Waals surface area (Å²) in [5.41, 5.74) is -0.702. The standard InChI is InChI=1S/C14H20FNO6S2/c1-4-8-23(19,20)11(5-2)16-24(21,22)10-7-6-9(3)12(13(10)15)14(17)18/h6-7,11,16H,4-5,8H2,1-3H3,(H,17,18). The number of carbonyl (C=O) groups is 1. The summed E-state index contributed by atoms with van der Waals surface area (Å²) in [6, 6.07) is 2.07. The Morgan fingerprint density at radius 3 is 2.29 bits per heavy atom. The smallest absolute Gasteiger partial charge is 0.339 e. The highest BCUT2D eigenvalue weighted by atomic mass is 32.2. The Bertz CT molecular complexity index is 833. The molecule has 1 unspecified atom stereocenters. The highest BCUT2D eigenvalue weighted by Gasteiger charge is 2.31. The molecular formula is C14H20FNO6S2. The summed E-state index contributed by atoms with van der Waals surface area (Å²) in [6.45, 7) is 4.45. The number of halogens is 1. The number of nitrogens with one attached hydrogen (secondary N) is 1. The summed E-state index contributed by atoms with van der Waals surface area (Å²) < 4.78 is 65.1. The van der Waals surface area contributed by atoms with Crippen LogP contribution in [0.15, 0.2) is 17.0 Å². The molecule has 24 heavy (non-hydrogen) atoms. The molecule has 0 aliphatic heterocycles. The predicted octanol–water partition coefficient (Wildman–Crippen LogP) is 1.67. The largest absolute Gasteiger partial charge is 0.478 e.